The Bertz CT molecular complexity index is 379. The number of halogens is 1. The first kappa shape index (κ1) is 9.71. The molecule has 14 heavy (non-hydrogen) atoms. The molecule has 72 valence electrons. The summed E-state index contributed by atoms with van der Waals surface area (Å²) in [5, 5.41) is 12.1. The first-order chi connectivity index (χ1) is 6.76. The van der Waals surface area contributed by atoms with E-state index in [1.165, 1.54) is 0 Å². The smallest absolute Gasteiger partial charge is 0.139 e. The Balaban J connectivity index is 1.99. The lowest BCUT2D eigenvalue weighted by Gasteiger charge is -2.09. The fourth-order valence-corrected chi connectivity index (χ4v) is 1.79. The monoisotopic (exact) mass is 299 g/mol. The number of nitrogens with zero attached hydrogens (tertiary/aromatic N) is 2. The van der Waals surface area contributed by atoms with Crippen LogP contribution in [-0.2, 0) is 0 Å². The van der Waals surface area contributed by atoms with Crippen molar-refractivity contribution in [3.8, 4) is 6.07 Å². The Morgan fingerprint density at radius 3 is 3.00 bits per heavy atom. The van der Waals surface area contributed by atoms with Crippen molar-refractivity contribution >= 4 is 28.4 Å². The topological polar surface area (TPSA) is 48.7 Å². The number of nitrogens with one attached hydrogen (secondary N) is 1. The molecule has 4 heteroatoms. The predicted octanol–water partition coefficient (Wildman–Crippen LogP) is 2.40. The maximum Gasteiger partial charge on any atom is 0.139 e. The molecule has 0 saturated heterocycles. The van der Waals surface area contributed by atoms with Gasteiger partial charge in [0.1, 0.15) is 5.82 Å². The van der Waals surface area contributed by atoms with Crippen LogP contribution in [0.5, 0.6) is 0 Å². The van der Waals surface area contributed by atoms with Gasteiger partial charge < -0.3 is 5.32 Å². The van der Waals surface area contributed by atoms with Crippen molar-refractivity contribution in [1.29, 1.82) is 5.26 Å². The Morgan fingerprint density at radius 1 is 1.64 bits per heavy atom. The first-order valence-electron chi connectivity index (χ1n) is 4.51. The van der Waals surface area contributed by atoms with E-state index in [4.69, 9.17) is 5.26 Å². The largest absolute Gasteiger partial charge is 0.368 e. The molecule has 3 nitrogen and oxygen atoms in total. The van der Waals surface area contributed by atoms with E-state index in [0.29, 0.717) is 0 Å². The molecule has 1 heterocycles. The number of hydrogen-bond acceptors (Lipinski definition) is 3. The van der Waals surface area contributed by atoms with Crippen molar-refractivity contribution in [3.63, 3.8) is 0 Å². The summed E-state index contributed by atoms with van der Waals surface area (Å²) in [6.07, 6.45) is 3.79. The third-order valence-electron chi connectivity index (χ3n) is 2.44. The van der Waals surface area contributed by atoms with Crippen LogP contribution >= 0.6 is 22.6 Å². The zero-order valence-electron chi connectivity index (χ0n) is 7.63. The lowest BCUT2D eigenvalue weighted by molar-refractivity contribution is 0.708. The maximum atomic E-state index is 8.89. The number of rotatable bonds is 3. The molecule has 1 aromatic rings. The second kappa shape index (κ2) is 3.73. The molecule has 0 unspecified atom stereocenters. The third kappa shape index (κ3) is 1.98. The molecule has 1 saturated carbocycles. The van der Waals surface area contributed by atoms with Crippen molar-refractivity contribution in [2.24, 2.45) is 5.41 Å². The van der Waals surface area contributed by atoms with E-state index in [0.717, 1.165) is 28.8 Å². The average molecular weight is 299 g/mol. The predicted molar refractivity (Wildman–Crippen MR) is 62.7 cm³/mol. The van der Waals surface area contributed by atoms with Gasteiger partial charge in [0.2, 0.25) is 0 Å². The lowest BCUT2D eigenvalue weighted by atomic mass is 10.1. The number of hydrogen-bond donors (Lipinski definition) is 1. The van der Waals surface area contributed by atoms with Crippen LogP contribution in [0.2, 0.25) is 0 Å². The Morgan fingerprint density at radius 2 is 2.43 bits per heavy atom. The first-order valence-corrected chi connectivity index (χ1v) is 5.59. The van der Waals surface area contributed by atoms with Gasteiger partial charge in [-0.25, -0.2) is 4.98 Å². The van der Waals surface area contributed by atoms with E-state index in [1.807, 2.05) is 12.1 Å². The third-order valence-corrected chi connectivity index (χ3v) is 3.31. The van der Waals surface area contributed by atoms with Gasteiger partial charge in [0.25, 0.3) is 0 Å². The molecular formula is C10H10IN3. The van der Waals surface area contributed by atoms with Gasteiger partial charge >= 0.3 is 0 Å². The zero-order valence-corrected chi connectivity index (χ0v) is 9.78. The number of pyridine rings is 1. The highest BCUT2D eigenvalue weighted by atomic mass is 127. The molecule has 0 spiro atoms. The van der Waals surface area contributed by atoms with Gasteiger partial charge in [0.15, 0.2) is 0 Å². The number of aromatic nitrogens is 1. The van der Waals surface area contributed by atoms with Crippen LogP contribution in [0.4, 0.5) is 5.82 Å². The van der Waals surface area contributed by atoms with E-state index < -0.39 is 0 Å². The molecule has 0 atom stereocenters. The Kier molecular flexibility index (Phi) is 2.59. The van der Waals surface area contributed by atoms with E-state index in [1.54, 1.807) is 6.20 Å². The summed E-state index contributed by atoms with van der Waals surface area (Å²) in [6, 6.07) is 6.26. The summed E-state index contributed by atoms with van der Waals surface area (Å²) in [5.41, 5.74) is -0.111. The summed E-state index contributed by atoms with van der Waals surface area (Å²) >= 11 is 2.24. The van der Waals surface area contributed by atoms with E-state index >= 15 is 0 Å². The van der Waals surface area contributed by atoms with Crippen LogP contribution in [0.15, 0.2) is 18.3 Å². The summed E-state index contributed by atoms with van der Waals surface area (Å²) < 4.78 is 1.10. The van der Waals surface area contributed by atoms with Gasteiger partial charge in [-0.1, -0.05) is 0 Å². The molecule has 1 aliphatic carbocycles. The Labute approximate surface area is 96.7 Å². The van der Waals surface area contributed by atoms with Crippen molar-refractivity contribution < 1.29 is 0 Å². The van der Waals surface area contributed by atoms with Gasteiger partial charge in [0, 0.05) is 12.7 Å². The minimum Gasteiger partial charge on any atom is -0.368 e. The minimum absolute atomic E-state index is 0.111. The second-order valence-electron chi connectivity index (χ2n) is 3.58. The molecule has 0 radical (unpaired) electrons. The van der Waals surface area contributed by atoms with E-state index in [9.17, 15) is 0 Å². The van der Waals surface area contributed by atoms with Gasteiger partial charge in [-0.15, -0.1) is 0 Å². The summed E-state index contributed by atoms with van der Waals surface area (Å²) in [5.74, 6) is 0.884. The molecule has 0 aliphatic heterocycles. The zero-order chi connectivity index (χ0) is 10.0. The van der Waals surface area contributed by atoms with Gasteiger partial charge in [-0.05, 0) is 47.6 Å². The van der Waals surface area contributed by atoms with Crippen molar-refractivity contribution in [3.05, 3.63) is 21.9 Å². The SMILES string of the molecule is N#CC1(CNc2ncccc2I)CC1. The quantitative estimate of drug-likeness (QED) is 0.872. The maximum absolute atomic E-state index is 8.89. The van der Waals surface area contributed by atoms with E-state index in [2.05, 4.69) is 39.0 Å². The van der Waals surface area contributed by atoms with Crippen molar-refractivity contribution in [2.45, 2.75) is 12.8 Å². The van der Waals surface area contributed by atoms with Crippen LogP contribution in [0, 0.1) is 20.3 Å². The summed E-state index contributed by atoms with van der Waals surface area (Å²) in [6.45, 7) is 0.719. The highest BCUT2D eigenvalue weighted by molar-refractivity contribution is 14.1. The number of anilines is 1. The summed E-state index contributed by atoms with van der Waals surface area (Å²) in [4.78, 5) is 4.22. The highest BCUT2D eigenvalue weighted by Gasteiger charge is 2.42. The molecule has 1 N–H and O–H groups in total. The second-order valence-corrected chi connectivity index (χ2v) is 4.74. The standard InChI is InChI=1S/C10H10IN3/c11-8-2-1-5-13-9(8)14-7-10(6-12)3-4-10/h1-2,5H,3-4,7H2,(H,13,14). The lowest BCUT2D eigenvalue weighted by Crippen LogP contribution is -2.14. The molecule has 0 bridgehead atoms. The van der Waals surface area contributed by atoms with Crippen LogP contribution < -0.4 is 5.32 Å². The van der Waals surface area contributed by atoms with Crippen molar-refractivity contribution in [1.82, 2.24) is 4.98 Å². The Hall–Kier alpha value is -0.830. The number of nitriles is 1. The van der Waals surface area contributed by atoms with Crippen LogP contribution in [-0.4, -0.2) is 11.5 Å². The van der Waals surface area contributed by atoms with Gasteiger partial charge in [0.05, 0.1) is 15.1 Å². The van der Waals surface area contributed by atoms with Crippen LogP contribution in [0.1, 0.15) is 12.8 Å². The van der Waals surface area contributed by atoms with Gasteiger partial charge in [-0.3, -0.25) is 0 Å². The molecule has 2 rings (SSSR count). The van der Waals surface area contributed by atoms with Gasteiger partial charge in [-0.2, -0.15) is 5.26 Å². The molecule has 1 fully saturated rings. The molecule has 1 aliphatic rings. The fourth-order valence-electron chi connectivity index (χ4n) is 1.25. The van der Waals surface area contributed by atoms with Crippen LogP contribution in [0.3, 0.4) is 0 Å². The summed E-state index contributed by atoms with van der Waals surface area (Å²) in [7, 11) is 0. The molecular weight excluding hydrogens is 289 g/mol. The normalized spacial score (nSPS) is 17.1. The highest BCUT2D eigenvalue weighted by Crippen LogP contribution is 2.44. The molecule has 0 amide bonds. The average Bonchev–Trinajstić information content (AvgIpc) is 2.98. The van der Waals surface area contributed by atoms with Crippen LogP contribution in [0.25, 0.3) is 0 Å². The minimum atomic E-state index is -0.111. The van der Waals surface area contributed by atoms with Crippen molar-refractivity contribution in [2.75, 3.05) is 11.9 Å². The molecule has 1 aromatic heterocycles. The molecule has 0 aromatic carbocycles. The fraction of sp³-hybridized carbons (Fsp3) is 0.400. The van der Waals surface area contributed by atoms with E-state index in [-0.39, 0.29) is 5.41 Å².